The molecule has 0 aliphatic carbocycles. The van der Waals surface area contributed by atoms with Crippen LogP contribution in [-0.4, -0.2) is 41.4 Å². The van der Waals surface area contributed by atoms with E-state index in [4.69, 9.17) is 16.9 Å². The predicted octanol–water partition coefficient (Wildman–Crippen LogP) is 3.62. The molecule has 0 amide bonds. The van der Waals surface area contributed by atoms with Crippen LogP contribution in [-0.2, 0) is 6.42 Å². The third-order valence-electron chi connectivity index (χ3n) is 5.16. The Morgan fingerprint density at radius 2 is 1.66 bits per heavy atom. The van der Waals surface area contributed by atoms with Crippen LogP contribution in [0.25, 0.3) is 0 Å². The molecule has 1 saturated heterocycles. The zero-order chi connectivity index (χ0) is 20.2. The molecule has 146 valence electrons. The van der Waals surface area contributed by atoms with Gasteiger partial charge in [0.15, 0.2) is 5.82 Å². The summed E-state index contributed by atoms with van der Waals surface area (Å²) in [6, 6.07) is 15.8. The summed E-state index contributed by atoms with van der Waals surface area (Å²) in [5.74, 6) is 1.82. The van der Waals surface area contributed by atoms with Crippen molar-refractivity contribution in [2.24, 2.45) is 0 Å². The molecule has 0 unspecified atom stereocenters. The standard InChI is InChI=1S/C22H21ClN6/c1-16-12-22(27-26-20(16)13-17-2-5-19(23)6-3-17)29-10-8-28(9-11-29)21-7-4-18(14-24)15-25-21/h2-7,12,15H,8-11,13H2,1H3. The fourth-order valence-corrected chi connectivity index (χ4v) is 3.55. The molecule has 4 rings (SSSR count). The monoisotopic (exact) mass is 404 g/mol. The number of piperazine rings is 1. The van der Waals surface area contributed by atoms with Gasteiger partial charge in [0.1, 0.15) is 11.9 Å². The maximum atomic E-state index is 8.91. The Hall–Kier alpha value is -3.17. The van der Waals surface area contributed by atoms with E-state index in [-0.39, 0.29) is 0 Å². The van der Waals surface area contributed by atoms with Crippen molar-refractivity contribution in [2.75, 3.05) is 36.0 Å². The molecule has 6 nitrogen and oxygen atoms in total. The third-order valence-corrected chi connectivity index (χ3v) is 5.42. The van der Waals surface area contributed by atoms with E-state index < -0.39 is 0 Å². The predicted molar refractivity (Wildman–Crippen MR) is 114 cm³/mol. The quantitative estimate of drug-likeness (QED) is 0.661. The number of hydrogen-bond donors (Lipinski definition) is 0. The highest BCUT2D eigenvalue weighted by Gasteiger charge is 2.20. The van der Waals surface area contributed by atoms with Crippen molar-refractivity contribution in [1.82, 2.24) is 15.2 Å². The van der Waals surface area contributed by atoms with Crippen molar-refractivity contribution >= 4 is 23.2 Å². The number of nitrogens with zero attached hydrogens (tertiary/aromatic N) is 6. The molecule has 2 aromatic heterocycles. The first-order valence-corrected chi connectivity index (χ1v) is 9.94. The zero-order valence-corrected chi connectivity index (χ0v) is 17.0. The molecule has 1 fully saturated rings. The Balaban J connectivity index is 1.40. The number of pyridine rings is 1. The summed E-state index contributed by atoms with van der Waals surface area (Å²) in [7, 11) is 0. The molecule has 3 aromatic rings. The van der Waals surface area contributed by atoms with Gasteiger partial charge in [0.05, 0.1) is 11.3 Å². The summed E-state index contributed by atoms with van der Waals surface area (Å²) in [6.07, 6.45) is 2.37. The maximum Gasteiger partial charge on any atom is 0.151 e. The van der Waals surface area contributed by atoms with Crippen molar-refractivity contribution in [3.8, 4) is 6.07 Å². The fraction of sp³-hybridized carbons (Fsp3) is 0.273. The van der Waals surface area contributed by atoms with Crippen LogP contribution in [0, 0.1) is 18.3 Å². The van der Waals surface area contributed by atoms with E-state index in [0.29, 0.717) is 5.56 Å². The van der Waals surface area contributed by atoms with Gasteiger partial charge in [-0.1, -0.05) is 23.7 Å². The summed E-state index contributed by atoms with van der Waals surface area (Å²) in [5.41, 5.74) is 3.87. The molecule has 1 aliphatic rings. The first-order chi connectivity index (χ1) is 14.1. The maximum absolute atomic E-state index is 8.91. The normalized spacial score (nSPS) is 14.0. The molecule has 7 heteroatoms. The van der Waals surface area contributed by atoms with Crippen LogP contribution in [0.1, 0.15) is 22.4 Å². The molecular formula is C22H21ClN6. The van der Waals surface area contributed by atoms with E-state index >= 15 is 0 Å². The molecule has 0 spiro atoms. The number of hydrogen-bond acceptors (Lipinski definition) is 6. The van der Waals surface area contributed by atoms with Crippen LogP contribution < -0.4 is 9.80 Å². The lowest BCUT2D eigenvalue weighted by atomic mass is 10.1. The largest absolute Gasteiger partial charge is 0.353 e. The number of halogens is 1. The third kappa shape index (κ3) is 4.47. The Kier molecular flexibility index (Phi) is 5.59. The molecule has 0 atom stereocenters. The van der Waals surface area contributed by atoms with Gasteiger partial charge in [0.25, 0.3) is 0 Å². The van der Waals surface area contributed by atoms with Gasteiger partial charge in [0.2, 0.25) is 0 Å². The number of rotatable bonds is 4. The van der Waals surface area contributed by atoms with E-state index in [1.165, 1.54) is 5.56 Å². The zero-order valence-electron chi connectivity index (χ0n) is 16.2. The summed E-state index contributed by atoms with van der Waals surface area (Å²) in [5, 5.41) is 18.6. The molecule has 0 N–H and O–H groups in total. The molecule has 0 radical (unpaired) electrons. The molecule has 1 aromatic carbocycles. The van der Waals surface area contributed by atoms with E-state index in [9.17, 15) is 0 Å². The molecule has 1 aliphatic heterocycles. The molecule has 3 heterocycles. The summed E-state index contributed by atoms with van der Waals surface area (Å²) in [4.78, 5) is 8.88. The second-order valence-corrected chi connectivity index (χ2v) is 7.56. The van der Waals surface area contributed by atoms with Gasteiger partial charge in [-0.15, -0.1) is 5.10 Å². The number of nitriles is 1. The van der Waals surface area contributed by atoms with Crippen LogP contribution in [0.15, 0.2) is 48.7 Å². The first kappa shape index (κ1) is 19.2. The van der Waals surface area contributed by atoms with Gasteiger partial charge in [-0.05, 0) is 48.4 Å². The van der Waals surface area contributed by atoms with Gasteiger partial charge >= 0.3 is 0 Å². The van der Waals surface area contributed by atoms with Gasteiger partial charge in [0, 0.05) is 43.8 Å². The summed E-state index contributed by atoms with van der Waals surface area (Å²) in [6.45, 7) is 5.50. The topological polar surface area (TPSA) is 68.9 Å². The summed E-state index contributed by atoms with van der Waals surface area (Å²) >= 11 is 5.96. The van der Waals surface area contributed by atoms with E-state index in [1.54, 1.807) is 6.20 Å². The lowest BCUT2D eigenvalue weighted by Gasteiger charge is -2.36. The van der Waals surface area contributed by atoms with Crippen molar-refractivity contribution in [2.45, 2.75) is 13.3 Å². The summed E-state index contributed by atoms with van der Waals surface area (Å²) < 4.78 is 0. The molecular weight excluding hydrogens is 384 g/mol. The van der Waals surface area contributed by atoms with Crippen LogP contribution >= 0.6 is 11.6 Å². The number of anilines is 2. The first-order valence-electron chi connectivity index (χ1n) is 9.56. The second kappa shape index (κ2) is 8.46. The van der Waals surface area contributed by atoms with Gasteiger partial charge < -0.3 is 9.80 Å². The van der Waals surface area contributed by atoms with E-state index in [1.807, 2.05) is 36.4 Å². The number of benzene rings is 1. The smallest absolute Gasteiger partial charge is 0.151 e. The minimum atomic E-state index is 0.580. The van der Waals surface area contributed by atoms with Crippen molar-refractivity contribution in [3.63, 3.8) is 0 Å². The number of aryl methyl sites for hydroxylation is 1. The Morgan fingerprint density at radius 1 is 0.966 bits per heavy atom. The Morgan fingerprint density at radius 3 is 2.24 bits per heavy atom. The van der Waals surface area contributed by atoms with Crippen LogP contribution in [0.2, 0.25) is 5.02 Å². The highest BCUT2D eigenvalue weighted by Crippen LogP contribution is 2.20. The van der Waals surface area contributed by atoms with Gasteiger partial charge in [-0.3, -0.25) is 0 Å². The van der Waals surface area contributed by atoms with Crippen LogP contribution in [0.4, 0.5) is 11.6 Å². The molecule has 29 heavy (non-hydrogen) atoms. The lowest BCUT2D eigenvalue weighted by molar-refractivity contribution is 0.636. The minimum absolute atomic E-state index is 0.580. The van der Waals surface area contributed by atoms with E-state index in [0.717, 1.165) is 60.5 Å². The minimum Gasteiger partial charge on any atom is -0.353 e. The molecule has 0 saturated carbocycles. The SMILES string of the molecule is Cc1cc(N2CCN(c3ccc(C#N)cn3)CC2)nnc1Cc1ccc(Cl)cc1. The fourth-order valence-electron chi connectivity index (χ4n) is 3.43. The Bertz CT molecular complexity index is 1020. The lowest BCUT2D eigenvalue weighted by Crippen LogP contribution is -2.47. The van der Waals surface area contributed by atoms with Crippen molar-refractivity contribution < 1.29 is 0 Å². The van der Waals surface area contributed by atoms with Gasteiger partial charge in [-0.25, -0.2) is 4.98 Å². The average molecular weight is 405 g/mol. The Labute approximate surface area is 175 Å². The van der Waals surface area contributed by atoms with Crippen LogP contribution in [0.3, 0.4) is 0 Å². The molecule has 0 bridgehead atoms. The van der Waals surface area contributed by atoms with Gasteiger partial charge in [-0.2, -0.15) is 10.4 Å². The van der Waals surface area contributed by atoms with Crippen LogP contribution in [0.5, 0.6) is 0 Å². The highest BCUT2D eigenvalue weighted by atomic mass is 35.5. The van der Waals surface area contributed by atoms with Crippen molar-refractivity contribution in [1.29, 1.82) is 5.26 Å². The highest BCUT2D eigenvalue weighted by molar-refractivity contribution is 6.30. The number of aromatic nitrogens is 3. The van der Waals surface area contributed by atoms with E-state index in [2.05, 4.69) is 44.0 Å². The van der Waals surface area contributed by atoms with Crippen molar-refractivity contribution in [3.05, 3.63) is 76.1 Å². The average Bonchev–Trinajstić information content (AvgIpc) is 2.77. The second-order valence-electron chi connectivity index (χ2n) is 7.13.